The van der Waals surface area contributed by atoms with E-state index in [1.807, 2.05) is 20.2 Å². The molecular weight excluding hydrogens is 369 g/mol. The quantitative estimate of drug-likeness (QED) is 0.767. The van der Waals surface area contributed by atoms with E-state index >= 15 is 0 Å². The lowest BCUT2D eigenvalue weighted by atomic mass is 10.1. The van der Waals surface area contributed by atoms with Gasteiger partial charge in [0, 0.05) is 0 Å². The van der Waals surface area contributed by atoms with E-state index in [1.165, 1.54) is 16.7 Å². The number of quaternary nitrogens is 1. The van der Waals surface area contributed by atoms with Crippen molar-refractivity contribution in [3.05, 3.63) is 33.8 Å². The summed E-state index contributed by atoms with van der Waals surface area (Å²) in [5.41, 5.74) is 0.873. The molecule has 24 heavy (non-hydrogen) atoms. The van der Waals surface area contributed by atoms with Gasteiger partial charge in [0.05, 0.1) is 43.0 Å². The predicted octanol–water partition coefficient (Wildman–Crippen LogP) is 1.22. The minimum absolute atomic E-state index is 0.0445. The monoisotopic (exact) mass is 390 g/mol. The Hall–Kier alpha value is -0.950. The number of thioether (sulfide) groups is 1. The third-order valence-corrected chi connectivity index (χ3v) is 5.82. The fraction of sp³-hybridized carbons (Fsp3) is 0.500. The number of amides is 2. The molecule has 2 amide bonds. The maximum absolute atomic E-state index is 12.4. The van der Waals surface area contributed by atoms with E-state index in [-0.39, 0.29) is 17.2 Å². The Bertz CT molecular complexity index is 627. The van der Waals surface area contributed by atoms with Crippen LogP contribution >= 0.6 is 35.0 Å². The van der Waals surface area contributed by atoms with Crippen LogP contribution in [0.3, 0.4) is 0 Å². The molecule has 0 radical (unpaired) electrons. The van der Waals surface area contributed by atoms with E-state index < -0.39 is 6.04 Å². The molecule has 2 N–H and O–H groups in total. The van der Waals surface area contributed by atoms with Crippen LogP contribution in [0.5, 0.6) is 0 Å². The molecular formula is C16H22Cl2N3O2S+. The Morgan fingerprint density at radius 2 is 2.12 bits per heavy atom. The first-order valence-electron chi connectivity index (χ1n) is 7.75. The molecule has 1 aromatic carbocycles. The highest BCUT2D eigenvalue weighted by Crippen LogP contribution is 2.41. The Morgan fingerprint density at radius 3 is 2.75 bits per heavy atom. The van der Waals surface area contributed by atoms with E-state index in [2.05, 4.69) is 5.32 Å². The molecule has 132 valence electrons. The summed E-state index contributed by atoms with van der Waals surface area (Å²) in [7, 11) is 4.05. The topological polar surface area (TPSA) is 53.9 Å². The zero-order valence-electron chi connectivity index (χ0n) is 13.9. The summed E-state index contributed by atoms with van der Waals surface area (Å²) in [5, 5.41) is 3.58. The van der Waals surface area contributed by atoms with Gasteiger partial charge in [0.15, 0.2) is 0 Å². The molecule has 0 spiro atoms. The van der Waals surface area contributed by atoms with Crippen molar-refractivity contribution in [1.82, 2.24) is 10.2 Å². The van der Waals surface area contributed by atoms with Gasteiger partial charge >= 0.3 is 0 Å². The number of nitrogens with one attached hydrogen (secondary N) is 2. The van der Waals surface area contributed by atoms with Gasteiger partial charge in [-0.1, -0.05) is 29.3 Å². The van der Waals surface area contributed by atoms with Crippen molar-refractivity contribution in [3.8, 4) is 0 Å². The lowest BCUT2D eigenvalue weighted by Gasteiger charge is -2.29. The van der Waals surface area contributed by atoms with Gasteiger partial charge in [-0.25, -0.2) is 0 Å². The second kappa shape index (κ2) is 8.43. The SMILES string of the molecule is C[C@@H](C(=O)NCC[NH+](C)C)N1C(=O)CS[C@H]1c1ccc(Cl)c(Cl)c1. The van der Waals surface area contributed by atoms with Crippen molar-refractivity contribution in [3.63, 3.8) is 0 Å². The molecule has 0 saturated carbocycles. The number of hydrogen-bond donors (Lipinski definition) is 2. The Balaban J connectivity index is 2.11. The van der Waals surface area contributed by atoms with Crippen LogP contribution in [0.1, 0.15) is 17.9 Å². The van der Waals surface area contributed by atoms with Crippen LogP contribution in [-0.2, 0) is 9.59 Å². The summed E-state index contributed by atoms with van der Waals surface area (Å²) in [6, 6.07) is 4.78. The van der Waals surface area contributed by atoms with Crippen LogP contribution in [0.4, 0.5) is 0 Å². The molecule has 1 fully saturated rings. The van der Waals surface area contributed by atoms with Crippen molar-refractivity contribution in [2.24, 2.45) is 0 Å². The van der Waals surface area contributed by atoms with Gasteiger partial charge in [0.25, 0.3) is 0 Å². The minimum atomic E-state index is -0.538. The van der Waals surface area contributed by atoms with Crippen molar-refractivity contribution in [2.45, 2.75) is 18.3 Å². The van der Waals surface area contributed by atoms with Gasteiger partial charge < -0.3 is 15.1 Å². The fourth-order valence-corrected chi connectivity index (χ4v) is 4.04. The molecule has 5 nitrogen and oxygen atoms in total. The number of nitrogens with zero attached hydrogens (tertiary/aromatic N) is 1. The average Bonchev–Trinajstić information content (AvgIpc) is 2.90. The normalized spacial score (nSPS) is 19.0. The molecule has 2 rings (SSSR count). The lowest BCUT2D eigenvalue weighted by molar-refractivity contribution is -0.856. The summed E-state index contributed by atoms with van der Waals surface area (Å²) in [5.74, 6) is 0.166. The van der Waals surface area contributed by atoms with Gasteiger partial charge in [-0.2, -0.15) is 0 Å². The van der Waals surface area contributed by atoms with E-state index in [4.69, 9.17) is 23.2 Å². The lowest BCUT2D eigenvalue weighted by Crippen LogP contribution is -3.06. The highest BCUT2D eigenvalue weighted by Gasteiger charge is 2.38. The zero-order chi connectivity index (χ0) is 17.9. The van der Waals surface area contributed by atoms with E-state index in [9.17, 15) is 9.59 Å². The molecule has 8 heteroatoms. The van der Waals surface area contributed by atoms with Crippen LogP contribution in [0.25, 0.3) is 0 Å². The van der Waals surface area contributed by atoms with Gasteiger partial charge in [-0.3, -0.25) is 9.59 Å². The van der Waals surface area contributed by atoms with E-state index in [1.54, 1.807) is 24.0 Å². The number of benzene rings is 1. The number of rotatable bonds is 6. The van der Waals surface area contributed by atoms with Crippen molar-refractivity contribution in [2.75, 3.05) is 32.9 Å². The smallest absolute Gasteiger partial charge is 0.242 e. The Kier molecular flexibility index (Phi) is 6.80. The van der Waals surface area contributed by atoms with Crippen LogP contribution in [0, 0.1) is 0 Å². The minimum Gasteiger partial charge on any atom is -0.349 e. The van der Waals surface area contributed by atoms with E-state index in [0.717, 1.165) is 12.1 Å². The first-order chi connectivity index (χ1) is 11.3. The summed E-state index contributed by atoms with van der Waals surface area (Å²) in [6.07, 6.45) is 0. The Labute approximate surface area is 156 Å². The maximum atomic E-state index is 12.4. The standard InChI is InChI=1S/C16H21Cl2N3O2S/c1-10(15(23)19-6-7-20(2)3)21-14(22)9-24-16(21)11-4-5-12(17)13(18)8-11/h4-5,8,10,16H,6-7,9H2,1-3H3,(H,19,23)/p+1/t10-,16-/m0/s1. The molecule has 1 aliphatic heterocycles. The largest absolute Gasteiger partial charge is 0.349 e. The zero-order valence-corrected chi connectivity index (χ0v) is 16.3. The average molecular weight is 391 g/mol. The maximum Gasteiger partial charge on any atom is 0.242 e. The van der Waals surface area contributed by atoms with Gasteiger partial charge in [0.2, 0.25) is 11.8 Å². The van der Waals surface area contributed by atoms with E-state index in [0.29, 0.717) is 22.3 Å². The number of carbonyl (C=O) groups excluding carboxylic acids is 2. The number of carbonyl (C=O) groups is 2. The number of likely N-dealkylation sites (N-methyl/N-ethyl adjacent to an activating group) is 1. The third-order valence-electron chi connectivity index (χ3n) is 3.86. The molecule has 1 aliphatic rings. The highest BCUT2D eigenvalue weighted by molar-refractivity contribution is 8.00. The number of hydrogen-bond acceptors (Lipinski definition) is 3. The van der Waals surface area contributed by atoms with Crippen LogP contribution in [0.15, 0.2) is 18.2 Å². The second-order valence-corrected chi connectivity index (χ2v) is 7.94. The molecule has 0 aliphatic carbocycles. The molecule has 0 bridgehead atoms. The molecule has 2 atom stereocenters. The summed E-state index contributed by atoms with van der Waals surface area (Å²) in [6.45, 7) is 3.17. The first kappa shape index (κ1) is 19.4. The predicted molar refractivity (Wildman–Crippen MR) is 98.7 cm³/mol. The number of halogens is 2. The van der Waals surface area contributed by atoms with Crippen LogP contribution in [-0.4, -0.2) is 55.7 Å². The van der Waals surface area contributed by atoms with Gasteiger partial charge in [-0.15, -0.1) is 11.8 Å². The third kappa shape index (κ3) is 4.57. The molecule has 1 saturated heterocycles. The van der Waals surface area contributed by atoms with Crippen molar-refractivity contribution in [1.29, 1.82) is 0 Å². The van der Waals surface area contributed by atoms with Crippen molar-refractivity contribution >= 4 is 46.8 Å². The summed E-state index contributed by atoms with van der Waals surface area (Å²) < 4.78 is 0. The second-order valence-electron chi connectivity index (χ2n) is 6.06. The molecule has 1 heterocycles. The van der Waals surface area contributed by atoms with Crippen molar-refractivity contribution < 1.29 is 14.5 Å². The molecule has 0 unspecified atom stereocenters. The van der Waals surface area contributed by atoms with Crippen LogP contribution < -0.4 is 10.2 Å². The summed E-state index contributed by atoms with van der Waals surface area (Å²) in [4.78, 5) is 27.6. The molecule has 0 aromatic heterocycles. The molecule has 1 aromatic rings. The fourth-order valence-electron chi connectivity index (χ4n) is 2.49. The summed E-state index contributed by atoms with van der Waals surface area (Å²) >= 11 is 13.5. The van der Waals surface area contributed by atoms with Gasteiger partial charge in [-0.05, 0) is 24.6 Å². The highest BCUT2D eigenvalue weighted by atomic mass is 35.5. The first-order valence-corrected chi connectivity index (χ1v) is 9.56. The Morgan fingerprint density at radius 1 is 1.42 bits per heavy atom. The van der Waals surface area contributed by atoms with Gasteiger partial charge in [0.1, 0.15) is 11.4 Å². The van der Waals surface area contributed by atoms with Crippen LogP contribution in [0.2, 0.25) is 10.0 Å².